The molecule has 0 bridgehead atoms. The zero-order valence-corrected chi connectivity index (χ0v) is 11.0. The van der Waals surface area contributed by atoms with Gasteiger partial charge < -0.3 is 5.11 Å². The van der Waals surface area contributed by atoms with Crippen LogP contribution in [-0.2, 0) is 6.61 Å². The number of rotatable bonds is 2. The lowest BCUT2D eigenvalue weighted by Crippen LogP contribution is -1.81. The van der Waals surface area contributed by atoms with E-state index in [0.29, 0.717) is 5.02 Å². The molecule has 1 N–H and O–H groups in total. The van der Waals surface area contributed by atoms with E-state index in [1.54, 1.807) is 23.7 Å². The molecular formula is C14H10ClNOS. The summed E-state index contributed by atoms with van der Waals surface area (Å²) < 4.78 is 1.15. The molecule has 0 unspecified atom stereocenters. The highest BCUT2D eigenvalue weighted by Crippen LogP contribution is 2.37. The summed E-state index contributed by atoms with van der Waals surface area (Å²) in [5.74, 6) is 0. The predicted octanol–water partition coefficient (Wildman–Crippen LogP) is 4.11. The molecule has 0 saturated heterocycles. The van der Waals surface area contributed by atoms with Crippen LogP contribution in [0.2, 0.25) is 5.02 Å². The van der Waals surface area contributed by atoms with Crippen LogP contribution in [0.25, 0.3) is 21.2 Å². The van der Waals surface area contributed by atoms with Gasteiger partial charge in [-0.3, -0.25) is 4.98 Å². The second kappa shape index (κ2) is 4.69. The molecule has 2 aromatic heterocycles. The van der Waals surface area contributed by atoms with Gasteiger partial charge in [0.25, 0.3) is 0 Å². The molecule has 4 heteroatoms. The third-order valence-electron chi connectivity index (χ3n) is 2.81. The lowest BCUT2D eigenvalue weighted by atomic mass is 10.1. The van der Waals surface area contributed by atoms with E-state index in [1.165, 1.54) is 0 Å². The van der Waals surface area contributed by atoms with Crippen LogP contribution in [0, 0.1) is 0 Å². The second-order valence-corrected chi connectivity index (χ2v) is 5.49. The first-order chi connectivity index (χ1) is 8.79. The zero-order valence-electron chi connectivity index (χ0n) is 9.43. The van der Waals surface area contributed by atoms with Crippen molar-refractivity contribution in [1.82, 2.24) is 4.98 Å². The number of aromatic nitrogens is 1. The number of benzene rings is 1. The minimum atomic E-state index is 0.0723. The van der Waals surface area contributed by atoms with Crippen LogP contribution in [0.5, 0.6) is 0 Å². The maximum atomic E-state index is 9.23. The van der Waals surface area contributed by atoms with E-state index in [9.17, 15) is 5.11 Å². The van der Waals surface area contributed by atoms with Crippen LogP contribution >= 0.6 is 22.9 Å². The quantitative estimate of drug-likeness (QED) is 0.763. The van der Waals surface area contributed by atoms with E-state index in [4.69, 9.17) is 11.6 Å². The highest BCUT2D eigenvalue weighted by molar-refractivity contribution is 7.19. The molecule has 0 atom stereocenters. The molecule has 1 aromatic carbocycles. The van der Waals surface area contributed by atoms with Gasteiger partial charge in [-0.15, -0.1) is 11.3 Å². The fraction of sp³-hybridized carbons (Fsp3) is 0.0714. The van der Waals surface area contributed by atoms with Crippen molar-refractivity contribution in [3.05, 3.63) is 52.6 Å². The van der Waals surface area contributed by atoms with Gasteiger partial charge in [-0.1, -0.05) is 29.8 Å². The topological polar surface area (TPSA) is 33.1 Å². The Balaban J connectivity index is 2.29. The highest BCUT2D eigenvalue weighted by atomic mass is 35.5. The van der Waals surface area contributed by atoms with Crippen LogP contribution in [0.3, 0.4) is 0 Å². The minimum Gasteiger partial charge on any atom is -0.391 e. The Morgan fingerprint density at radius 3 is 2.89 bits per heavy atom. The molecular weight excluding hydrogens is 266 g/mol. The number of pyridine rings is 1. The molecule has 18 heavy (non-hydrogen) atoms. The fourth-order valence-electron chi connectivity index (χ4n) is 2.00. The predicted molar refractivity (Wildman–Crippen MR) is 76.0 cm³/mol. The molecule has 0 aliphatic heterocycles. The molecule has 0 fully saturated rings. The summed E-state index contributed by atoms with van der Waals surface area (Å²) in [6.45, 7) is 0.0723. The van der Waals surface area contributed by atoms with Crippen molar-refractivity contribution in [2.45, 2.75) is 6.61 Å². The summed E-state index contributed by atoms with van der Waals surface area (Å²) in [7, 11) is 0. The maximum Gasteiger partial charge on any atom is 0.0774 e. The number of halogens is 1. The third-order valence-corrected chi connectivity index (χ3v) is 4.28. The summed E-state index contributed by atoms with van der Waals surface area (Å²) in [5.41, 5.74) is 2.06. The Morgan fingerprint density at radius 2 is 2.11 bits per heavy atom. The Hall–Kier alpha value is -1.42. The monoisotopic (exact) mass is 275 g/mol. The normalized spacial score (nSPS) is 11.0. The summed E-state index contributed by atoms with van der Waals surface area (Å²) in [6.07, 6.45) is 3.39. The first kappa shape index (κ1) is 11.7. The van der Waals surface area contributed by atoms with Gasteiger partial charge >= 0.3 is 0 Å². The standard InChI is InChI=1S/C14H10ClNOS/c15-13-7-16-5-4-11(13)12-3-1-2-9-6-10(8-17)18-14(9)12/h1-7,17H,8H2. The lowest BCUT2D eigenvalue weighted by Gasteiger charge is -2.04. The summed E-state index contributed by atoms with van der Waals surface area (Å²) in [6, 6.07) is 10.0. The number of nitrogens with zero attached hydrogens (tertiary/aromatic N) is 1. The van der Waals surface area contributed by atoms with Gasteiger partial charge in [0.1, 0.15) is 0 Å². The summed E-state index contributed by atoms with van der Waals surface area (Å²) in [4.78, 5) is 4.96. The molecule has 0 spiro atoms. The van der Waals surface area contributed by atoms with Gasteiger partial charge in [-0.25, -0.2) is 0 Å². The van der Waals surface area contributed by atoms with E-state index in [-0.39, 0.29) is 6.61 Å². The van der Waals surface area contributed by atoms with E-state index in [1.807, 2.05) is 30.3 Å². The van der Waals surface area contributed by atoms with E-state index < -0.39 is 0 Å². The first-order valence-corrected chi connectivity index (χ1v) is 6.71. The average molecular weight is 276 g/mol. The van der Waals surface area contributed by atoms with Crippen molar-refractivity contribution < 1.29 is 5.11 Å². The fourth-order valence-corrected chi connectivity index (χ4v) is 3.27. The van der Waals surface area contributed by atoms with Crippen LogP contribution < -0.4 is 0 Å². The first-order valence-electron chi connectivity index (χ1n) is 5.52. The van der Waals surface area contributed by atoms with Crippen molar-refractivity contribution in [3.8, 4) is 11.1 Å². The van der Waals surface area contributed by atoms with Gasteiger partial charge in [-0.05, 0) is 17.5 Å². The molecule has 0 aliphatic carbocycles. The molecule has 2 heterocycles. The van der Waals surface area contributed by atoms with Crippen LogP contribution in [-0.4, -0.2) is 10.1 Å². The van der Waals surface area contributed by atoms with Crippen molar-refractivity contribution in [1.29, 1.82) is 0 Å². The van der Waals surface area contributed by atoms with E-state index >= 15 is 0 Å². The van der Waals surface area contributed by atoms with E-state index in [2.05, 4.69) is 4.98 Å². The summed E-state index contributed by atoms with van der Waals surface area (Å²) >= 11 is 7.79. The Bertz CT molecular complexity index is 708. The Labute approximate surface area is 113 Å². The van der Waals surface area contributed by atoms with Gasteiger partial charge in [0, 0.05) is 33.1 Å². The van der Waals surface area contributed by atoms with Crippen molar-refractivity contribution in [2.24, 2.45) is 0 Å². The van der Waals surface area contributed by atoms with Crippen LogP contribution in [0.4, 0.5) is 0 Å². The molecule has 0 radical (unpaired) electrons. The molecule has 0 aliphatic rings. The average Bonchev–Trinajstić information content (AvgIpc) is 2.82. The molecule has 0 saturated carbocycles. The number of hydrogen-bond donors (Lipinski definition) is 1. The van der Waals surface area contributed by atoms with Crippen molar-refractivity contribution >= 4 is 33.0 Å². The van der Waals surface area contributed by atoms with E-state index in [0.717, 1.165) is 26.1 Å². The lowest BCUT2D eigenvalue weighted by molar-refractivity contribution is 0.285. The number of thiophene rings is 1. The van der Waals surface area contributed by atoms with Crippen molar-refractivity contribution in [2.75, 3.05) is 0 Å². The minimum absolute atomic E-state index is 0.0723. The number of hydrogen-bond acceptors (Lipinski definition) is 3. The highest BCUT2D eigenvalue weighted by Gasteiger charge is 2.10. The van der Waals surface area contributed by atoms with Crippen LogP contribution in [0.15, 0.2) is 42.7 Å². The molecule has 2 nitrogen and oxygen atoms in total. The van der Waals surface area contributed by atoms with Crippen molar-refractivity contribution in [3.63, 3.8) is 0 Å². The van der Waals surface area contributed by atoms with Gasteiger partial charge in [0.2, 0.25) is 0 Å². The van der Waals surface area contributed by atoms with Gasteiger partial charge in [0.05, 0.1) is 11.6 Å². The third kappa shape index (κ3) is 1.90. The number of aliphatic hydroxyl groups is 1. The maximum absolute atomic E-state index is 9.23. The Kier molecular flexibility index (Phi) is 3.04. The molecule has 0 amide bonds. The molecule has 3 aromatic rings. The summed E-state index contributed by atoms with van der Waals surface area (Å²) in [5, 5.41) is 11.0. The van der Waals surface area contributed by atoms with Gasteiger partial charge in [-0.2, -0.15) is 0 Å². The second-order valence-electron chi connectivity index (χ2n) is 3.95. The zero-order chi connectivity index (χ0) is 12.5. The largest absolute Gasteiger partial charge is 0.391 e. The van der Waals surface area contributed by atoms with Crippen LogP contribution in [0.1, 0.15) is 4.88 Å². The number of aliphatic hydroxyl groups excluding tert-OH is 1. The molecule has 90 valence electrons. The van der Waals surface area contributed by atoms with Gasteiger partial charge in [0.15, 0.2) is 0 Å². The smallest absolute Gasteiger partial charge is 0.0774 e. The number of fused-ring (bicyclic) bond motifs is 1. The Morgan fingerprint density at radius 1 is 1.22 bits per heavy atom. The molecule has 3 rings (SSSR count). The SMILES string of the molecule is OCc1cc2cccc(-c3ccncc3Cl)c2s1.